The van der Waals surface area contributed by atoms with Gasteiger partial charge in [0.15, 0.2) is 0 Å². The molecule has 0 saturated carbocycles. The molecule has 0 fully saturated rings. The van der Waals surface area contributed by atoms with E-state index in [-0.39, 0.29) is 4.90 Å². The Morgan fingerprint density at radius 3 is 2.38 bits per heavy atom. The number of nitrogens with one attached hydrogen (secondary N) is 1. The minimum atomic E-state index is -3.89. The molecule has 1 aliphatic heterocycles. The number of aromatic nitrogens is 1. The first-order chi connectivity index (χ1) is 19.7. The number of aryl methyl sites for hydroxylation is 2. The molecular weight excluding hydrogens is 585 g/mol. The van der Waals surface area contributed by atoms with Gasteiger partial charge in [0.05, 0.1) is 33.4 Å². The van der Waals surface area contributed by atoms with E-state index in [9.17, 15) is 18.2 Å². The molecule has 1 aliphatic rings. The maximum atomic E-state index is 13.9. The molecule has 0 aliphatic carbocycles. The summed E-state index contributed by atoms with van der Waals surface area (Å²) in [5.41, 5.74) is 5.11. The molecule has 0 saturated heterocycles. The van der Waals surface area contributed by atoms with Crippen molar-refractivity contribution >= 4 is 55.4 Å². The second kappa shape index (κ2) is 10.9. The minimum absolute atomic E-state index is 0.208. The fourth-order valence-corrected chi connectivity index (χ4v) is 8.43. The Kier molecular flexibility index (Phi) is 7.88. The van der Waals surface area contributed by atoms with Crippen LogP contribution >= 0.6 is 11.8 Å². The topological polar surface area (TPSA) is 110 Å². The van der Waals surface area contributed by atoms with Crippen molar-refractivity contribution in [2.75, 3.05) is 6.26 Å². The highest BCUT2D eigenvalue weighted by molar-refractivity contribution is 7.98. The van der Waals surface area contributed by atoms with E-state index in [0.29, 0.717) is 23.2 Å². The summed E-state index contributed by atoms with van der Waals surface area (Å²) in [5.74, 6) is 0. The van der Waals surface area contributed by atoms with Crippen LogP contribution in [0, 0.1) is 25.2 Å². The van der Waals surface area contributed by atoms with Crippen LogP contribution in [0.2, 0.25) is 0 Å². The third-order valence-corrected chi connectivity index (χ3v) is 11.8. The second-order valence-electron chi connectivity index (χ2n) is 11.8. The monoisotopic (exact) mass is 618 g/mol. The summed E-state index contributed by atoms with van der Waals surface area (Å²) in [4.78, 5) is 6.13. The van der Waals surface area contributed by atoms with Gasteiger partial charge in [-0.25, -0.2) is 12.4 Å². The molecule has 218 valence electrons. The highest BCUT2D eigenvalue weighted by Gasteiger charge is 2.45. The summed E-state index contributed by atoms with van der Waals surface area (Å²) in [6, 6.07) is 18.3. The molecule has 5 rings (SSSR count). The smallest absolute Gasteiger partial charge is 0.268 e. The van der Waals surface area contributed by atoms with E-state index in [1.165, 1.54) is 3.97 Å². The van der Waals surface area contributed by atoms with E-state index < -0.39 is 31.7 Å². The first kappa shape index (κ1) is 30.4. The van der Waals surface area contributed by atoms with Gasteiger partial charge in [-0.1, -0.05) is 23.8 Å². The zero-order chi connectivity index (χ0) is 30.6. The van der Waals surface area contributed by atoms with E-state index >= 15 is 0 Å². The number of nitriles is 1. The third kappa shape index (κ3) is 5.18. The number of hydrogen-bond donors (Lipinski definition) is 1. The van der Waals surface area contributed by atoms with Crippen molar-refractivity contribution in [3.8, 4) is 6.07 Å². The molecule has 4 aromatic rings. The number of benzene rings is 3. The molecule has 1 N–H and O–H groups in total. The van der Waals surface area contributed by atoms with Crippen molar-refractivity contribution in [3.05, 3.63) is 88.6 Å². The molecule has 0 spiro atoms. The normalized spacial score (nSPS) is 15.6. The summed E-state index contributed by atoms with van der Waals surface area (Å²) in [7, 11) is -3.89. The zero-order valence-corrected chi connectivity index (χ0v) is 27.2. The first-order valence-corrected chi connectivity index (χ1v) is 17.3. The van der Waals surface area contributed by atoms with Gasteiger partial charge in [-0.05, 0) is 95.3 Å². The van der Waals surface area contributed by atoms with E-state index in [2.05, 4.69) is 10.8 Å². The number of nitrogens with zero attached hydrogens (tertiary/aromatic N) is 3. The maximum absolute atomic E-state index is 13.9. The fourth-order valence-electron chi connectivity index (χ4n) is 5.31. The lowest BCUT2D eigenvalue weighted by molar-refractivity contribution is 0.503. The average molecular weight is 619 g/mol. The highest BCUT2D eigenvalue weighted by atomic mass is 32.2. The van der Waals surface area contributed by atoms with Gasteiger partial charge >= 0.3 is 0 Å². The van der Waals surface area contributed by atoms with Crippen molar-refractivity contribution in [1.29, 1.82) is 5.26 Å². The van der Waals surface area contributed by atoms with Gasteiger partial charge in [0.25, 0.3) is 10.0 Å². The van der Waals surface area contributed by atoms with Crippen LogP contribution in [-0.4, -0.2) is 33.7 Å². The van der Waals surface area contributed by atoms with Crippen LogP contribution in [-0.2, 0) is 33.3 Å². The van der Waals surface area contributed by atoms with Gasteiger partial charge < -0.3 is 4.55 Å². The molecule has 42 heavy (non-hydrogen) atoms. The first-order valence-electron chi connectivity index (χ1n) is 13.5. The quantitative estimate of drug-likeness (QED) is 0.183. The van der Waals surface area contributed by atoms with Crippen molar-refractivity contribution in [3.63, 3.8) is 0 Å². The average Bonchev–Trinajstić information content (AvgIpc) is 3.58. The second-order valence-corrected chi connectivity index (χ2v) is 16.4. The fraction of sp³-hybridized carbons (Fsp3) is 0.312. The van der Waals surface area contributed by atoms with Gasteiger partial charge in [0.1, 0.15) is 10.3 Å². The molecule has 2 unspecified atom stereocenters. The van der Waals surface area contributed by atoms with Crippen LogP contribution in [0.5, 0.6) is 0 Å². The zero-order valence-electron chi connectivity index (χ0n) is 24.8. The lowest BCUT2D eigenvalue weighted by Crippen LogP contribution is -2.54. The number of thioether (sulfide) groups is 1. The number of hydrogen-bond acceptors (Lipinski definition) is 7. The molecule has 10 heteroatoms. The Labute approximate surface area is 255 Å². The van der Waals surface area contributed by atoms with Gasteiger partial charge in [-0.15, -0.1) is 16.5 Å². The third-order valence-electron chi connectivity index (χ3n) is 7.64. The van der Waals surface area contributed by atoms with Crippen molar-refractivity contribution in [2.24, 2.45) is 4.99 Å². The lowest BCUT2D eigenvalue weighted by atomic mass is 9.83. The van der Waals surface area contributed by atoms with Crippen molar-refractivity contribution < 1.29 is 13.0 Å². The van der Waals surface area contributed by atoms with E-state index in [0.717, 1.165) is 38.2 Å². The van der Waals surface area contributed by atoms with E-state index in [1.54, 1.807) is 54.4 Å². The number of fused-ring (bicyclic) bond motifs is 2. The Morgan fingerprint density at radius 2 is 1.76 bits per heavy atom. The van der Waals surface area contributed by atoms with Gasteiger partial charge in [-0.2, -0.15) is 5.26 Å². The van der Waals surface area contributed by atoms with Gasteiger partial charge in [-0.3, -0.25) is 4.99 Å². The lowest BCUT2D eigenvalue weighted by Gasteiger charge is -2.37. The SMILES string of the molecule is CSc1cc(C)c2c(ccn2S(=O)(=O)c2ccc(C)cc2)c1C(C)(N[S+]([O-])C(C)(C)C)C1=Nc2cc(C#N)ccc2C1. The Morgan fingerprint density at radius 1 is 1.07 bits per heavy atom. The van der Waals surface area contributed by atoms with Gasteiger partial charge in [0, 0.05) is 39.8 Å². The van der Waals surface area contributed by atoms with E-state index in [4.69, 9.17) is 4.99 Å². The molecular formula is C32H34N4O3S3. The molecule has 0 amide bonds. The summed E-state index contributed by atoms with van der Waals surface area (Å²) < 4.78 is 45.8. The molecule has 0 radical (unpaired) electrons. The predicted octanol–water partition coefficient (Wildman–Crippen LogP) is 6.68. The van der Waals surface area contributed by atoms with Crippen LogP contribution in [0.3, 0.4) is 0 Å². The van der Waals surface area contributed by atoms with Gasteiger partial charge in [0.2, 0.25) is 0 Å². The summed E-state index contributed by atoms with van der Waals surface area (Å²) in [6.45, 7) is 11.5. The maximum Gasteiger partial charge on any atom is 0.268 e. The minimum Gasteiger partial charge on any atom is -0.598 e. The van der Waals surface area contributed by atoms with Crippen LogP contribution < -0.4 is 4.72 Å². The molecule has 0 bridgehead atoms. The Bertz CT molecular complexity index is 1880. The van der Waals surface area contributed by atoms with Crippen LogP contribution in [0.4, 0.5) is 5.69 Å². The van der Waals surface area contributed by atoms with Crippen molar-refractivity contribution in [1.82, 2.24) is 8.69 Å². The summed E-state index contributed by atoms with van der Waals surface area (Å²) in [5, 5.41) is 10.2. The van der Waals surface area contributed by atoms with Crippen LogP contribution in [0.15, 0.2) is 75.6 Å². The number of rotatable bonds is 7. The predicted molar refractivity (Wildman–Crippen MR) is 173 cm³/mol. The molecule has 2 heterocycles. The summed E-state index contributed by atoms with van der Waals surface area (Å²) in [6.07, 6.45) is 4.08. The van der Waals surface area contributed by atoms with Crippen LogP contribution in [0.1, 0.15) is 55.5 Å². The largest absolute Gasteiger partial charge is 0.598 e. The molecule has 1 aromatic heterocycles. The summed E-state index contributed by atoms with van der Waals surface area (Å²) >= 11 is 0.0608. The van der Waals surface area contributed by atoms with Crippen LogP contribution in [0.25, 0.3) is 10.9 Å². The van der Waals surface area contributed by atoms with E-state index in [1.807, 2.05) is 66.0 Å². The van der Waals surface area contributed by atoms with Crippen molar-refractivity contribution in [2.45, 2.75) is 68.0 Å². The Hall–Kier alpha value is -3.07. The standard InChI is InChI=1S/C32H34N4O3S3/c1-20-8-12-24(13-9-20)42(38,39)36-15-14-25-29(27(40-7)16-21(2)30(25)36)32(6,35-41(37)31(3,4)5)28-18-23-11-10-22(19-33)17-26(23)34-28/h8-17,35H,18H2,1-7H3. The molecule has 7 nitrogen and oxygen atoms in total. The Balaban J connectivity index is 1.78. The molecule has 2 atom stereocenters. The number of aliphatic imine (C=N–C) groups is 1. The highest BCUT2D eigenvalue weighted by Crippen LogP contribution is 2.44. The molecule has 3 aromatic carbocycles.